The Morgan fingerprint density at radius 3 is 1.04 bits per heavy atom. The lowest BCUT2D eigenvalue weighted by Crippen LogP contribution is -2.74. The van der Waals surface area contributed by atoms with Gasteiger partial charge in [-0.3, -0.25) is 0 Å². The molecule has 2 heteroatoms. The van der Waals surface area contributed by atoms with Gasteiger partial charge in [0.15, 0.2) is 8.07 Å². The van der Waals surface area contributed by atoms with E-state index in [1.54, 1.807) is 0 Å². The van der Waals surface area contributed by atoms with E-state index < -0.39 is 8.07 Å². The van der Waals surface area contributed by atoms with E-state index in [0.717, 1.165) is 0 Å². The third-order valence-corrected chi connectivity index (χ3v) is 14.9. The Bertz CT molecular complexity index is 2510. The molecule has 0 unspecified atom stereocenters. The second-order valence-corrected chi connectivity index (χ2v) is 16.3. The number of benzene rings is 8. The van der Waals surface area contributed by atoms with Gasteiger partial charge >= 0.3 is 0 Å². The third kappa shape index (κ3) is 3.45. The van der Waals surface area contributed by atoms with Crippen molar-refractivity contribution in [3.63, 3.8) is 0 Å². The summed E-state index contributed by atoms with van der Waals surface area (Å²) in [7, 11) is -2.74. The van der Waals surface area contributed by atoms with Gasteiger partial charge in [0.2, 0.25) is 0 Å². The first-order valence-corrected chi connectivity index (χ1v) is 18.0. The van der Waals surface area contributed by atoms with Crippen molar-refractivity contribution in [2.75, 3.05) is 0 Å². The van der Waals surface area contributed by atoms with Crippen molar-refractivity contribution >= 4 is 88.5 Å². The van der Waals surface area contributed by atoms with Gasteiger partial charge in [-0.1, -0.05) is 152 Å². The lowest BCUT2D eigenvalue weighted by atomic mass is 10.0. The maximum atomic E-state index is 2.55. The summed E-state index contributed by atoms with van der Waals surface area (Å²) in [4.78, 5) is 0. The summed E-state index contributed by atoms with van der Waals surface area (Å²) in [5.74, 6) is 0. The number of aromatic nitrogens is 1. The molecule has 10 aromatic rings. The maximum absolute atomic E-state index is 2.74. The molecule has 1 nitrogen and oxygen atoms in total. The van der Waals surface area contributed by atoms with Crippen LogP contribution in [0.1, 0.15) is 0 Å². The Balaban J connectivity index is 1.46. The fourth-order valence-electron chi connectivity index (χ4n) is 8.20. The zero-order chi connectivity index (χ0) is 30.2. The van der Waals surface area contributed by atoms with E-state index >= 15 is 0 Å². The number of nitrogens with zero attached hydrogens (tertiary/aromatic N) is 1. The van der Waals surface area contributed by atoms with E-state index in [0.29, 0.717) is 0 Å². The SMILES string of the molecule is c1ccc([Si](c2ccccc2)(c2ccccc2)c2cc3c4cc5ccccc5cc4n4c5cc6ccccc6cc5c(c2)c34)cc1. The molecule has 0 N–H and O–H groups in total. The lowest BCUT2D eigenvalue weighted by molar-refractivity contribution is 1.38. The van der Waals surface area contributed by atoms with Gasteiger partial charge in [0.05, 0.1) is 16.6 Å². The van der Waals surface area contributed by atoms with Crippen LogP contribution < -0.4 is 20.7 Å². The standard InChI is InChI=1S/C44H29NSi/c1-4-18-34(19-5-1)46(35-20-6-2-7-21-35,36-22-8-3-9-23-36)37-28-40-38-24-30-14-10-12-16-32(30)26-42(38)45-43-27-33-17-13-11-15-31(33)25-39(43)41(29-37)44(40)45/h1-29H. The average molecular weight is 600 g/mol. The molecule has 0 fully saturated rings. The maximum Gasteiger partial charge on any atom is 0.179 e. The molecular weight excluding hydrogens is 571 g/mol. The fourth-order valence-corrected chi connectivity index (χ4v) is 13.0. The molecule has 0 saturated heterocycles. The van der Waals surface area contributed by atoms with E-state index in [1.165, 1.54) is 80.4 Å². The highest BCUT2D eigenvalue weighted by Crippen LogP contribution is 2.41. The molecule has 214 valence electrons. The quantitative estimate of drug-likeness (QED) is 0.141. The van der Waals surface area contributed by atoms with Crippen molar-refractivity contribution in [2.24, 2.45) is 0 Å². The molecule has 0 aliphatic carbocycles. The molecular formula is C44H29NSi. The largest absolute Gasteiger partial charge is 0.308 e. The average Bonchev–Trinajstić information content (AvgIpc) is 3.62. The highest BCUT2D eigenvalue weighted by atomic mass is 28.3. The van der Waals surface area contributed by atoms with Crippen molar-refractivity contribution < 1.29 is 0 Å². The lowest BCUT2D eigenvalue weighted by Gasteiger charge is -2.34. The van der Waals surface area contributed by atoms with Crippen LogP contribution in [0, 0.1) is 0 Å². The van der Waals surface area contributed by atoms with Crippen LogP contribution in [0.3, 0.4) is 0 Å². The molecule has 46 heavy (non-hydrogen) atoms. The summed E-state index contributed by atoms with van der Waals surface area (Å²) in [5, 5.41) is 16.0. The Morgan fingerprint density at radius 2 is 0.652 bits per heavy atom. The van der Waals surface area contributed by atoms with Gasteiger partial charge in [-0.05, 0) is 66.6 Å². The predicted octanol–water partition coefficient (Wildman–Crippen LogP) is 8.52. The zero-order valence-corrected chi connectivity index (χ0v) is 26.2. The predicted molar refractivity (Wildman–Crippen MR) is 200 cm³/mol. The summed E-state index contributed by atoms with van der Waals surface area (Å²) in [6, 6.07) is 66.1. The number of fused-ring (bicyclic) bond motifs is 8. The van der Waals surface area contributed by atoms with E-state index in [4.69, 9.17) is 0 Å². The highest BCUT2D eigenvalue weighted by molar-refractivity contribution is 7.20. The third-order valence-electron chi connectivity index (χ3n) is 10.2. The molecule has 2 aromatic heterocycles. The first-order chi connectivity index (χ1) is 22.8. The molecule has 0 atom stereocenters. The van der Waals surface area contributed by atoms with Crippen LogP contribution in [0.2, 0.25) is 0 Å². The van der Waals surface area contributed by atoms with Crippen molar-refractivity contribution in [3.8, 4) is 0 Å². The smallest absolute Gasteiger partial charge is 0.179 e. The molecule has 0 saturated carbocycles. The van der Waals surface area contributed by atoms with Gasteiger partial charge in [-0.15, -0.1) is 0 Å². The number of hydrogen-bond acceptors (Lipinski definition) is 0. The van der Waals surface area contributed by atoms with Crippen LogP contribution in [-0.2, 0) is 0 Å². The molecule has 0 bridgehead atoms. The van der Waals surface area contributed by atoms with E-state index in [9.17, 15) is 0 Å². The van der Waals surface area contributed by atoms with E-state index in [2.05, 4.69) is 180 Å². The summed E-state index contributed by atoms with van der Waals surface area (Å²) < 4.78 is 2.54. The molecule has 0 aliphatic rings. The van der Waals surface area contributed by atoms with E-state index in [-0.39, 0.29) is 0 Å². The summed E-state index contributed by atoms with van der Waals surface area (Å²) >= 11 is 0. The fraction of sp³-hybridized carbons (Fsp3) is 0. The van der Waals surface area contributed by atoms with Crippen LogP contribution in [-0.4, -0.2) is 12.5 Å². The van der Waals surface area contributed by atoms with E-state index in [1.807, 2.05) is 0 Å². The molecule has 0 amide bonds. The first kappa shape index (κ1) is 25.6. The Labute approximate surface area is 267 Å². The van der Waals surface area contributed by atoms with Gasteiger partial charge in [0, 0.05) is 21.5 Å². The molecule has 2 heterocycles. The molecule has 0 radical (unpaired) electrons. The number of rotatable bonds is 4. The van der Waals surface area contributed by atoms with Gasteiger partial charge in [0.1, 0.15) is 0 Å². The molecule has 0 spiro atoms. The van der Waals surface area contributed by atoms with Crippen molar-refractivity contribution in [2.45, 2.75) is 0 Å². The highest BCUT2D eigenvalue weighted by Gasteiger charge is 2.42. The molecule has 10 rings (SSSR count). The van der Waals surface area contributed by atoms with Crippen molar-refractivity contribution in [1.82, 2.24) is 4.40 Å². The minimum absolute atomic E-state index is 1.27. The second kappa shape index (κ2) is 9.65. The molecule has 8 aromatic carbocycles. The van der Waals surface area contributed by atoms with Crippen LogP contribution in [0.25, 0.3) is 59.6 Å². The topological polar surface area (TPSA) is 4.41 Å². The van der Waals surface area contributed by atoms with Crippen LogP contribution in [0.15, 0.2) is 176 Å². The zero-order valence-electron chi connectivity index (χ0n) is 25.2. The minimum atomic E-state index is -2.74. The summed E-state index contributed by atoms with van der Waals surface area (Å²) in [5.41, 5.74) is 3.86. The Morgan fingerprint density at radius 1 is 0.304 bits per heavy atom. The minimum Gasteiger partial charge on any atom is -0.308 e. The van der Waals surface area contributed by atoms with Crippen LogP contribution in [0.4, 0.5) is 0 Å². The number of hydrogen-bond donors (Lipinski definition) is 0. The molecule has 0 aliphatic heterocycles. The summed E-state index contributed by atoms with van der Waals surface area (Å²) in [6.07, 6.45) is 0. The summed E-state index contributed by atoms with van der Waals surface area (Å²) in [6.45, 7) is 0. The monoisotopic (exact) mass is 599 g/mol. The van der Waals surface area contributed by atoms with Gasteiger partial charge in [0.25, 0.3) is 0 Å². The van der Waals surface area contributed by atoms with Crippen molar-refractivity contribution in [1.29, 1.82) is 0 Å². The second-order valence-electron chi connectivity index (χ2n) is 12.5. The van der Waals surface area contributed by atoms with Gasteiger partial charge in [-0.2, -0.15) is 0 Å². The Kier molecular flexibility index (Phi) is 5.37. The van der Waals surface area contributed by atoms with Gasteiger partial charge < -0.3 is 4.40 Å². The Hall–Kier alpha value is -5.70. The van der Waals surface area contributed by atoms with Crippen LogP contribution in [0.5, 0.6) is 0 Å². The van der Waals surface area contributed by atoms with Crippen molar-refractivity contribution in [3.05, 3.63) is 176 Å². The first-order valence-electron chi connectivity index (χ1n) is 16.0. The normalized spacial score (nSPS) is 12.3. The van der Waals surface area contributed by atoms with Gasteiger partial charge in [-0.25, -0.2) is 0 Å². The van der Waals surface area contributed by atoms with Crippen LogP contribution >= 0.6 is 0 Å².